The first-order valence-corrected chi connectivity index (χ1v) is 6.16. The first-order valence-electron chi connectivity index (χ1n) is 6.16. The third-order valence-electron chi connectivity index (χ3n) is 2.79. The van der Waals surface area contributed by atoms with Crippen molar-refractivity contribution in [2.75, 3.05) is 0 Å². The molecule has 0 spiro atoms. The Balaban J connectivity index is 2.51. The lowest BCUT2D eigenvalue weighted by Gasteiger charge is -2.11. The van der Waals surface area contributed by atoms with E-state index in [2.05, 4.69) is 11.9 Å². The number of aliphatic hydroxyl groups excluding tert-OH is 1. The molecule has 0 bridgehead atoms. The highest BCUT2D eigenvalue weighted by atomic mass is 19.4. The Labute approximate surface area is 105 Å². The molecule has 18 heavy (non-hydrogen) atoms. The van der Waals surface area contributed by atoms with Gasteiger partial charge in [0.1, 0.15) is 0 Å². The Hall–Kier alpha value is -1.10. The van der Waals surface area contributed by atoms with Gasteiger partial charge in [-0.15, -0.1) is 0 Å². The Kier molecular flexibility index (Phi) is 5.59. The molecule has 0 saturated carbocycles. The van der Waals surface area contributed by atoms with Crippen LogP contribution in [-0.2, 0) is 6.18 Å². The second-order valence-electron chi connectivity index (χ2n) is 4.33. The highest BCUT2D eigenvalue weighted by Gasteiger charge is 2.30. The predicted octanol–water partition coefficient (Wildman–Crippen LogP) is 4.10. The number of rotatable bonds is 6. The smallest absolute Gasteiger partial charge is 0.387 e. The van der Waals surface area contributed by atoms with E-state index >= 15 is 0 Å². The van der Waals surface area contributed by atoms with Crippen molar-refractivity contribution in [1.82, 2.24) is 4.98 Å². The van der Waals surface area contributed by atoms with E-state index in [9.17, 15) is 18.3 Å². The first kappa shape index (κ1) is 15.0. The monoisotopic (exact) mass is 261 g/mol. The summed E-state index contributed by atoms with van der Waals surface area (Å²) in [4.78, 5) is 3.67. The van der Waals surface area contributed by atoms with Gasteiger partial charge in [0.15, 0.2) is 0 Å². The molecule has 0 radical (unpaired) electrons. The molecule has 1 rings (SSSR count). The van der Waals surface area contributed by atoms with Gasteiger partial charge < -0.3 is 5.11 Å². The van der Waals surface area contributed by atoms with Crippen LogP contribution in [0.1, 0.15) is 56.4 Å². The van der Waals surface area contributed by atoms with E-state index in [-0.39, 0.29) is 0 Å². The Morgan fingerprint density at radius 1 is 1.22 bits per heavy atom. The average Bonchev–Trinajstić information content (AvgIpc) is 2.33. The summed E-state index contributed by atoms with van der Waals surface area (Å²) >= 11 is 0. The van der Waals surface area contributed by atoms with Crippen molar-refractivity contribution in [1.29, 1.82) is 0 Å². The summed E-state index contributed by atoms with van der Waals surface area (Å²) in [5, 5.41) is 9.77. The van der Waals surface area contributed by atoms with Crippen LogP contribution >= 0.6 is 0 Å². The van der Waals surface area contributed by atoms with E-state index < -0.39 is 17.8 Å². The van der Waals surface area contributed by atoms with E-state index in [1.807, 2.05) is 0 Å². The summed E-state index contributed by atoms with van der Waals surface area (Å²) in [6, 6.07) is 2.20. The minimum Gasteiger partial charge on any atom is -0.387 e. The zero-order chi connectivity index (χ0) is 13.6. The number of aliphatic hydroxyl groups is 1. The lowest BCUT2D eigenvalue weighted by molar-refractivity contribution is -0.137. The summed E-state index contributed by atoms with van der Waals surface area (Å²) in [6.07, 6.45) is 0.248. The molecule has 5 heteroatoms. The van der Waals surface area contributed by atoms with Gasteiger partial charge in [-0.2, -0.15) is 13.2 Å². The van der Waals surface area contributed by atoms with Crippen LogP contribution < -0.4 is 0 Å². The van der Waals surface area contributed by atoms with Gasteiger partial charge in [-0.05, 0) is 18.6 Å². The fourth-order valence-electron chi connectivity index (χ4n) is 1.68. The van der Waals surface area contributed by atoms with E-state index in [0.29, 0.717) is 12.1 Å². The first-order chi connectivity index (χ1) is 8.45. The molecular weight excluding hydrogens is 243 g/mol. The summed E-state index contributed by atoms with van der Waals surface area (Å²) in [6.45, 7) is 2.09. The van der Waals surface area contributed by atoms with Crippen molar-refractivity contribution in [2.45, 2.75) is 51.3 Å². The van der Waals surface area contributed by atoms with Crippen molar-refractivity contribution >= 4 is 0 Å². The van der Waals surface area contributed by atoms with Gasteiger partial charge in [0, 0.05) is 6.20 Å². The molecule has 0 aliphatic rings. The quantitative estimate of drug-likeness (QED) is 0.782. The van der Waals surface area contributed by atoms with Gasteiger partial charge in [0.25, 0.3) is 0 Å². The SMILES string of the molecule is CCCCCCC(O)c1ccc(C(F)(F)F)cn1. The topological polar surface area (TPSA) is 33.1 Å². The third kappa shape index (κ3) is 4.64. The van der Waals surface area contributed by atoms with Crippen LogP contribution in [0.4, 0.5) is 13.2 Å². The van der Waals surface area contributed by atoms with Crippen molar-refractivity contribution in [3.8, 4) is 0 Å². The van der Waals surface area contributed by atoms with Gasteiger partial charge in [0.05, 0.1) is 17.4 Å². The predicted molar refractivity (Wildman–Crippen MR) is 63.0 cm³/mol. The lowest BCUT2D eigenvalue weighted by Crippen LogP contribution is -2.07. The molecule has 1 aromatic rings. The van der Waals surface area contributed by atoms with Crippen LogP contribution in [0.5, 0.6) is 0 Å². The van der Waals surface area contributed by atoms with E-state index in [1.54, 1.807) is 0 Å². The van der Waals surface area contributed by atoms with E-state index in [4.69, 9.17) is 0 Å². The van der Waals surface area contributed by atoms with Crippen LogP contribution in [0.3, 0.4) is 0 Å². The number of hydrogen-bond acceptors (Lipinski definition) is 2. The summed E-state index contributed by atoms with van der Waals surface area (Å²) < 4.78 is 36.9. The maximum absolute atomic E-state index is 12.3. The van der Waals surface area contributed by atoms with Gasteiger partial charge in [-0.25, -0.2) is 0 Å². The third-order valence-corrected chi connectivity index (χ3v) is 2.79. The maximum atomic E-state index is 12.3. The molecule has 2 nitrogen and oxygen atoms in total. The fourth-order valence-corrected chi connectivity index (χ4v) is 1.68. The standard InChI is InChI=1S/C13H18F3NO/c1-2-3-4-5-6-12(18)11-8-7-10(9-17-11)13(14,15)16/h7-9,12,18H,2-6H2,1H3. The zero-order valence-corrected chi connectivity index (χ0v) is 10.4. The Morgan fingerprint density at radius 3 is 2.44 bits per heavy atom. The molecule has 1 N–H and O–H groups in total. The van der Waals surface area contributed by atoms with Gasteiger partial charge in [-0.1, -0.05) is 32.6 Å². The normalized spacial score (nSPS) is 13.6. The highest BCUT2D eigenvalue weighted by molar-refractivity contribution is 5.18. The van der Waals surface area contributed by atoms with Gasteiger partial charge >= 0.3 is 6.18 Å². The molecule has 0 aliphatic carbocycles. The maximum Gasteiger partial charge on any atom is 0.417 e. The summed E-state index contributed by atoms with van der Waals surface area (Å²) in [5.41, 5.74) is -0.482. The molecule has 0 aliphatic heterocycles. The highest BCUT2D eigenvalue weighted by Crippen LogP contribution is 2.29. The van der Waals surface area contributed by atoms with Crippen LogP contribution in [-0.4, -0.2) is 10.1 Å². The molecule has 1 heterocycles. The zero-order valence-electron chi connectivity index (χ0n) is 10.4. The number of unbranched alkanes of at least 4 members (excludes halogenated alkanes) is 3. The van der Waals surface area contributed by atoms with Crippen molar-refractivity contribution in [2.24, 2.45) is 0 Å². The average molecular weight is 261 g/mol. The van der Waals surface area contributed by atoms with Crippen molar-refractivity contribution in [3.05, 3.63) is 29.6 Å². The number of nitrogens with zero attached hydrogens (tertiary/aromatic N) is 1. The molecule has 1 aromatic heterocycles. The summed E-state index contributed by atoms with van der Waals surface area (Å²) in [5.74, 6) is 0. The van der Waals surface area contributed by atoms with Crippen molar-refractivity contribution in [3.63, 3.8) is 0 Å². The number of aromatic nitrogens is 1. The second-order valence-corrected chi connectivity index (χ2v) is 4.33. The number of hydrogen-bond donors (Lipinski definition) is 1. The van der Waals surface area contributed by atoms with Crippen LogP contribution in [0, 0.1) is 0 Å². The fraction of sp³-hybridized carbons (Fsp3) is 0.615. The molecular formula is C13H18F3NO. The van der Waals surface area contributed by atoms with Gasteiger partial charge in [0.2, 0.25) is 0 Å². The van der Waals surface area contributed by atoms with Crippen LogP contribution in [0.15, 0.2) is 18.3 Å². The molecule has 102 valence electrons. The number of pyridine rings is 1. The van der Waals surface area contributed by atoms with Crippen LogP contribution in [0.2, 0.25) is 0 Å². The molecule has 0 fully saturated rings. The van der Waals surface area contributed by atoms with Crippen LogP contribution in [0.25, 0.3) is 0 Å². The number of halogens is 3. The number of alkyl halides is 3. The van der Waals surface area contributed by atoms with E-state index in [1.165, 1.54) is 6.07 Å². The Bertz CT molecular complexity index is 348. The van der Waals surface area contributed by atoms with Gasteiger partial charge in [-0.3, -0.25) is 4.98 Å². The van der Waals surface area contributed by atoms with Crippen molar-refractivity contribution < 1.29 is 18.3 Å². The summed E-state index contributed by atoms with van der Waals surface area (Å²) in [7, 11) is 0. The Morgan fingerprint density at radius 2 is 1.94 bits per heavy atom. The molecule has 0 amide bonds. The second kappa shape index (κ2) is 6.73. The largest absolute Gasteiger partial charge is 0.417 e. The lowest BCUT2D eigenvalue weighted by atomic mass is 10.1. The minimum absolute atomic E-state index is 0.305. The molecule has 0 saturated heterocycles. The molecule has 1 atom stereocenters. The van der Waals surface area contributed by atoms with E-state index in [0.717, 1.165) is 37.9 Å². The molecule has 0 aromatic carbocycles. The minimum atomic E-state index is -4.38. The molecule has 1 unspecified atom stereocenters.